The zero-order valence-corrected chi connectivity index (χ0v) is 18.7. The molecule has 6 rings (SSSR count). The van der Waals surface area contributed by atoms with Gasteiger partial charge in [0, 0.05) is 48.1 Å². The van der Waals surface area contributed by atoms with Gasteiger partial charge < -0.3 is 9.47 Å². The number of aliphatic imine (C=N–C) groups is 1. The van der Waals surface area contributed by atoms with E-state index >= 15 is 0 Å². The van der Waals surface area contributed by atoms with Gasteiger partial charge in [0.15, 0.2) is 5.65 Å². The Labute approximate surface area is 191 Å². The van der Waals surface area contributed by atoms with Crippen LogP contribution in [0, 0.1) is 0 Å². The van der Waals surface area contributed by atoms with Crippen molar-refractivity contribution < 1.29 is 9.47 Å². The van der Waals surface area contributed by atoms with Gasteiger partial charge in [-0.1, -0.05) is 12.1 Å². The van der Waals surface area contributed by atoms with Crippen molar-refractivity contribution in [1.29, 1.82) is 0 Å². The molecule has 0 fully saturated rings. The minimum absolute atomic E-state index is 0.222. The second-order valence-corrected chi connectivity index (χ2v) is 9.09. The first kappa shape index (κ1) is 19.8. The molecule has 0 saturated heterocycles. The molecule has 5 heterocycles. The third-order valence-electron chi connectivity index (χ3n) is 6.13. The summed E-state index contributed by atoms with van der Waals surface area (Å²) in [6, 6.07) is 8.30. The van der Waals surface area contributed by atoms with Crippen LogP contribution in [0.15, 0.2) is 54.2 Å². The van der Waals surface area contributed by atoms with Gasteiger partial charge in [0.1, 0.15) is 24.5 Å². The molecule has 8 heteroatoms. The molecule has 0 unspecified atom stereocenters. The Morgan fingerprint density at radius 1 is 1.06 bits per heavy atom. The summed E-state index contributed by atoms with van der Waals surface area (Å²) in [6.45, 7) is 5.43. The van der Waals surface area contributed by atoms with Crippen LogP contribution in [0.2, 0.25) is 0 Å². The molecule has 0 aliphatic carbocycles. The fourth-order valence-corrected chi connectivity index (χ4v) is 4.47. The molecule has 0 N–H and O–H groups in total. The number of benzene rings is 1. The fraction of sp³-hybridized carbons (Fsp3) is 0.320. The van der Waals surface area contributed by atoms with Crippen LogP contribution >= 0.6 is 0 Å². The number of nitrogens with zero attached hydrogens (tertiary/aromatic N) is 6. The SMILES string of the molecule is CC1(C)COC(c2cncc(-c3cnc(CCc4cccc5c4CCO5)n4cnnc34)c2)=N1. The number of pyridine rings is 1. The minimum atomic E-state index is -0.222. The number of hydrogen-bond acceptors (Lipinski definition) is 7. The van der Waals surface area contributed by atoms with Crippen LogP contribution in [-0.2, 0) is 24.0 Å². The first-order valence-corrected chi connectivity index (χ1v) is 11.2. The van der Waals surface area contributed by atoms with E-state index in [2.05, 4.69) is 46.2 Å². The van der Waals surface area contributed by atoms with Gasteiger partial charge in [0.2, 0.25) is 5.90 Å². The smallest absolute Gasteiger partial charge is 0.218 e. The van der Waals surface area contributed by atoms with E-state index in [-0.39, 0.29) is 5.54 Å². The van der Waals surface area contributed by atoms with Crippen LogP contribution < -0.4 is 4.74 Å². The van der Waals surface area contributed by atoms with E-state index in [1.54, 1.807) is 12.5 Å². The molecule has 166 valence electrons. The van der Waals surface area contributed by atoms with Gasteiger partial charge in [0.05, 0.1) is 17.7 Å². The van der Waals surface area contributed by atoms with E-state index in [4.69, 9.17) is 14.5 Å². The molecule has 0 bridgehead atoms. The van der Waals surface area contributed by atoms with E-state index in [1.165, 1.54) is 11.1 Å². The lowest BCUT2D eigenvalue weighted by Gasteiger charge is -2.10. The summed E-state index contributed by atoms with van der Waals surface area (Å²) < 4.78 is 13.5. The fourth-order valence-electron chi connectivity index (χ4n) is 4.47. The maximum atomic E-state index is 5.79. The highest BCUT2D eigenvalue weighted by molar-refractivity contribution is 5.96. The number of aromatic nitrogens is 5. The lowest BCUT2D eigenvalue weighted by atomic mass is 10.0. The van der Waals surface area contributed by atoms with Crippen molar-refractivity contribution in [2.75, 3.05) is 13.2 Å². The third kappa shape index (κ3) is 3.61. The molecule has 3 aromatic heterocycles. The summed E-state index contributed by atoms with van der Waals surface area (Å²) in [4.78, 5) is 13.9. The molecule has 1 aromatic carbocycles. The molecule has 0 atom stereocenters. The van der Waals surface area contributed by atoms with E-state index in [0.29, 0.717) is 12.5 Å². The Kier molecular flexibility index (Phi) is 4.60. The molecule has 0 spiro atoms. The van der Waals surface area contributed by atoms with Gasteiger partial charge >= 0.3 is 0 Å². The molecule has 0 radical (unpaired) electrons. The summed E-state index contributed by atoms with van der Waals surface area (Å²) in [5.74, 6) is 2.55. The molecule has 8 nitrogen and oxygen atoms in total. The van der Waals surface area contributed by atoms with Gasteiger partial charge in [-0.2, -0.15) is 0 Å². The predicted molar refractivity (Wildman–Crippen MR) is 124 cm³/mol. The van der Waals surface area contributed by atoms with Crippen molar-refractivity contribution in [3.63, 3.8) is 0 Å². The van der Waals surface area contributed by atoms with Crippen LogP contribution in [0.1, 0.15) is 36.4 Å². The Bertz CT molecular complexity index is 1390. The molecular formula is C25H24N6O2. The first-order valence-electron chi connectivity index (χ1n) is 11.2. The summed E-state index contributed by atoms with van der Waals surface area (Å²) in [5, 5.41) is 8.55. The minimum Gasteiger partial charge on any atom is -0.493 e. The first-order chi connectivity index (χ1) is 16.1. The lowest BCUT2D eigenvalue weighted by molar-refractivity contribution is 0.279. The number of rotatable bonds is 5. The molecule has 2 aliphatic heterocycles. The largest absolute Gasteiger partial charge is 0.493 e. The maximum absolute atomic E-state index is 5.79. The Balaban J connectivity index is 1.31. The lowest BCUT2D eigenvalue weighted by Crippen LogP contribution is -2.17. The van der Waals surface area contributed by atoms with Crippen LogP contribution in [0.25, 0.3) is 16.8 Å². The monoisotopic (exact) mass is 440 g/mol. The summed E-state index contributed by atoms with van der Waals surface area (Å²) in [6.07, 6.45) is 9.80. The van der Waals surface area contributed by atoms with E-state index in [9.17, 15) is 0 Å². The van der Waals surface area contributed by atoms with E-state index in [1.807, 2.05) is 28.9 Å². The Morgan fingerprint density at radius 2 is 1.97 bits per heavy atom. The van der Waals surface area contributed by atoms with Crippen molar-refractivity contribution >= 4 is 11.5 Å². The summed E-state index contributed by atoms with van der Waals surface area (Å²) in [5.41, 5.74) is 5.79. The normalized spacial score (nSPS) is 16.4. The second kappa shape index (κ2) is 7.65. The van der Waals surface area contributed by atoms with E-state index in [0.717, 1.165) is 59.8 Å². The Morgan fingerprint density at radius 3 is 2.85 bits per heavy atom. The third-order valence-corrected chi connectivity index (χ3v) is 6.13. The second-order valence-electron chi connectivity index (χ2n) is 9.09. The highest BCUT2D eigenvalue weighted by Gasteiger charge is 2.27. The van der Waals surface area contributed by atoms with Crippen LogP contribution in [0.3, 0.4) is 0 Å². The molecule has 2 aliphatic rings. The van der Waals surface area contributed by atoms with Crippen LogP contribution in [0.5, 0.6) is 5.75 Å². The van der Waals surface area contributed by atoms with Gasteiger partial charge in [-0.3, -0.25) is 9.38 Å². The summed E-state index contributed by atoms with van der Waals surface area (Å²) in [7, 11) is 0. The molecular weight excluding hydrogens is 416 g/mol. The molecule has 4 aromatic rings. The van der Waals surface area contributed by atoms with Crippen LogP contribution in [-0.4, -0.2) is 49.2 Å². The highest BCUT2D eigenvalue weighted by atomic mass is 16.5. The molecule has 0 saturated carbocycles. The van der Waals surface area contributed by atoms with Crippen LogP contribution in [0.4, 0.5) is 0 Å². The number of hydrogen-bond donors (Lipinski definition) is 0. The van der Waals surface area contributed by atoms with Gasteiger partial charge in [-0.25, -0.2) is 9.98 Å². The highest BCUT2D eigenvalue weighted by Crippen LogP contribution is 2.30. The predicted octanol–water partition coefficient (Wildman–Crippen LogP) is 3.46. The Hall–Kier alpha value is -3.81. The van der Waals surface area contributed by atoms with Crippen molar-refractivity contribution in [3.8, 4) is 16.9 Å². The average Bonchev–Trinajstić information content (AvgIpc) is 3.57. The average molecular weight is 441 g/mol. The standard InChI is InChI=1S/C25H24N6O2/c1-25(2)14-33-24(29-25)18-10-17(11-26-12-18)20-13-27-22(31-15-28-30-23(20)31)7-6-16-4-3-5-21-19(16)8-9-32-21/h3-5,10-13,15H,6-9,14H2,1-2H3. The van der Waals surface area contributed by atoms with Crippen molar-refractivity contribution in [1.82, 2.24) is 24.6 Å². The van der Waals surface area contributed by atoms with Crippen molar-refractivity contribution in [3.05, 3.63) is 71.7 Å². The number of ether oxygens (including phenoxy) is 2. The van der Waals surface area contributed by atoms with Crippen molar-refractivity contribution in [2.24, 2.45) is 4.99 Å². The summed E-state index contributed by atoms with van der Waals surface area (Å²) >= 11 is 0. The maximum Gasteiger partial charge on any atom is 0.218 e. The van der Waals surface area contributed by atoms with Gasteiger partial charge in [-0.15, -0.1) is 10.2 Å². The number of aryl methyl sites for hydroxylation is 2. The van der Waals surface area contributed by atoms with Gasteiger partial charge in [0.25, 0.3) is 0 Å². The molecule has 33 heavy (non-hydrogen) atoms. The number of fused-ring (bicyclic) bond motifs is 2. The molecule has 0 amide bonds. The van der Waals surface area contributed by atoms with Crippen molar-refractivity contribution in [2.45, 2.75) is 38.6 Å². The topological polar surface area (TPSA) is 86.8 Å². The van der Waals surface area contributed by atoms with E-state index < -0.39 is 0 Å². The quantitative estimate of drug-likeness (QED) is 0.472. The zero-order valence-electron chi connectivity index (χ0n) is 18.7. The van der Waals surface area contributed by atoms with Gasteiger partial charge in [-0.05, 0) is 38.0 Å². The zero-order chi connectivity index (χ0) is 22.4.